The van der Waals surface area contributed by atoms with Gasteiger partial charge in [-0.25, -0.2) is 9.78 Å². The van der Waals surface area contributed by atoms with Crippen molar-refractivity contribution in [3.05, 3.63) is 69.9 Å². The Kier molecular flexibility index (Phi) is 6.27. The van der Waals surface area contributed by atoms with Crippen molar-refractivity contribution in [2.24, 2.45) is 0 Å². The third-order valence-corrected chi connectivity index (χ3v) is 5.91. The summed E-state index contributed by atoms with van der Waals surface area (Å²) in [5.74, 6) is 1.26. The number of hydrogen-bond donors (Lipinski definition) is 1. The lowest BCUT2D eigenvalue weighted by atomic mass is 10.0. The van der Waals surface area contributed by atoms with Gasteiger partial charge in [0, 0.05) is 16.9 Å². The van der Waals surface area contributed by atoms with E-state index in [4.69, 9.17) is 4.74 Å². The van der Waals surface area contributed by atoms with Crippen LogP contribution in [0.5, 0.6) is 5.75 Å². The van der Waals surface area contributed by atoms with Gasteiger partial charge in [0.1, 0.15) is 5.75 Å². The number of ether oxygens (including phenoxy) is 1. The first kappa shape index (κ1) is 21.6. The lowest BCUT2D eigenvalue weighted by Gasteiger charge is -2.13. The summed E-state index contributed by atoms with van der Waals surface area (Å²) >= 11 is 1.50. The molecule has 0 atom stereocenters. The first-order chi connectivity index (χ1) is 15.4. The SMILES string of the molecule is Cc1ccc(-c2cc(OC(=O)NCc3scnc3C)cc(-n3nnnc3C(C)C)c2)cc1. The number of rotatable bonds is 6. The maximum atomic E-state index is 12.5. The van der Waals surface area contributed by atoms with E-state index >= 15 is 0 Å². The molecule has 9 heteroatoms. The van der Waals surface area contributed by atoms with Gasteiger partial charge in [-0.05, 0) is 47.5 Å². The molecule has 4 rings (SSSR count). The summed E-state index contributed by atoms with van der Waals surface area (Å²) in [5, 5.41) is 14.9. The maximum Gasteiger partial charge on any atom is 0.412 e. The molecule has 0 bridgehead atoms. The van der Waals surface area contributed by atoms with Gasteiger partial charge in [0.2, 0.25) is 0 Å². The van der Waals surface area contributed by atoms with E-state index in [9.17, 15) is 4.79 Å². The summed E-state index contributed by atoms with van der Waals surface area (Å²) in [5.41, 5.74) is 6.45. The molecule has 0 spiro atoms. The van der Waals surface area contributed by atoms with Crippen LogP contribution in [-0.2, 0) is 6.54 Å². The highest BCUT2D eigenvalue weighted by atomic mass is 32.1. The van der Waals surface area contributed by atoms with E-state index in [0.29, 0.717) is 12.3 Å². The van der Waals surface area contributed by atoms with Crippen LogP contribution in [0.2, 0.25) is 0 Å². The van der Waals surface area contributed by atoms with Gasteiger partial charge in [-0.15, -0.1) is 16.4 Å². The van der Waals surface area contributed by atoms with E-state index in [0.717, 1.165) is 33.2 Å². The molecule has 1 N–H and O–H groups in total. The van der Waals surface area contributed by atoms with Gasteiger partial charge in [-0.2, -0.15) is 4.68 Å². The van der Waals surface area contributed by atoms with Crippen LogP contribution in [0.3, 0.4) is 0 Å². The zero-order valence-electron chi connectivity index (χ0n) is 18.4. The minimum Gasteiger partial charge on any atom is -0.410 e. The highest BCUT2D eigenvalue weighted by molar-refractivity contribution is 7.09. The second-order valence-corrected chi connectivity index (χ2v) is 8.73. The lowest BCUT2D eigenvalue weighted by Crippen LogP contribution is -2.26. The number of thiazole rings is 1. The van der Waals surface area contributed by atoms with Crippen LogP contribution in [0.4, 0.5) is 4.79 Å². The van der Waals surface area contributed by atoms with Crippen molar-refractivity contribution in [2.45, 2.75) is 40.2 Å². The average Bonchev–Trinajstić information content (AvgIpc) is 3.42. The van der Waals surface area contributed by atoms with E-state index in [-0.39, 0.29) is 5.92 Å². The number of tetrazole rings is 1. The van der Waals surface area contributed by atoms with Crippen LogP contribution >= 0.6 is 11.3 Å². The van der Waals surface area contributed by atoms with Crippen LogP contribution in [0, 0.1) is 13.8 Å². The highest BCUT2D eigenvalue weighted by Crippen LogP contribution is 2.29. The van der Waals surface area contributed by atoms with Crippen LogP contribution in [0.15, 0.2) is 48.0 Å². The molecule has 0 fully saturated rings. The molecule has 4 aromatic rings. The molecule has 0 aliphatic carbocycles. The highest BCUT2D eigenvalue weighted by Gasteiger charge is 2.16. The molecule has 8 nitrogen and oxygen atoms in total. The molecule has 0 aliphatic heterocycles. The monoisotopic (exact) mass is 448 g/mol. The second-order valence-electron chi connectivity index (χ2n) is 7.79. The molecule has 32 heavy (non-hydrogen) atoms. The smallest absolute Gasteiger partial charge is 0.410 e. The first-order valence-corrected chi connectivity index (χ1v) is 11.1. The zero-order valence-corrected chi connectivity index (χ0v) is 19.2. The van der Waals surface area contributed by atoms with Crippen molar-refractivity contribution < 1.29 is 9.53 Å². The van der Waals surface area contributed by atoms with Gasteiger partial charge < -0.3 is 10.1 Å². The Morgan fingerprint density at radius 2 is 1.91 bits per heavy atom. The number of amides is 1. The van der Waals surface area contributed by atoms with Gasteiger partial charge in [0.15, 0.2) is 5.82 Å². The fourth-order valence-electron chi connectivity index (χ4n) is 3.21. The molecule has 2 heterocycles. The topological polar surface area (TPSA) is 94.8 Å². The van der Waals surface area contributed by atoms with Gasteiger partial charge >= 0.3 is 6.09 Å². The van der Waals surface area contributed by atoms with Crippen LogP contribution < -0.4 is 10.1 Å². The van der Waals surface area contributed by atoms with Crippen molar-refractivity contribution in [3.63, 3.8) is 0 Å². The lowest BCUT2D eigenvalue weighted by molar-refractivity contribution is 0.200. The summed E-state index contributed by atoms with van der Waals surface area (Å²) in [4.78, 5) is 17.7. The fourth-order valence-corrected chi connectivity index (χ4v) is 3.92. The summed E-state index contributed by atoms with van der Waals surface area (Å²) < 4.78 is 7.30. The molecule has 0 saturated heterocycles. The Morgan fingerprint density at radius 1 is 1.12 bits per heavy atom. The molecular formula is C23H24N6O2S. The molecule has 0 radical (unpaired) electrons. The van der Waals surface area contributed by atoms with E-state index in [1.54, 1.807) is 16.3 Å². The molecular weight excluding hydrogens is 424 g/mol. The Morgan fingerprint density at radius 3 is 2.59 bits per heavy atom. The Labute approximate surface area is 190 Å². The number of aryl methyl sites for hydroxylation is 2. The molecule has 1 amide bonds. The van der Waals surface area contributed by atoms with E-state index in [2.05, 4.69) is 25.8 Å². The van der Waals surface area contributed by atoms with E-state index in [1.807, 2.05) is 64.1 Å². The minimum atomic E-state index is -0.536. The van der Waals surface area contributed by atoms with Gasteiger partial charge in [-0.3, -0.25) is 0 Å². The maximum absolute atomic E-state index is 12.5. The minimum absolute atomic E-state index is 0.128. The van der Waals surface area contributed by atoms with Crippen molar-refractivity contribution in [1.82, 2.24) is 30.5 Å². The normalized spacial score (nSPS) is 11.0. The van der Waals surface area contributed by atoms with Crippen molar-refractivity contribution in [1.29, 1.82) is 0 Å². The third kappa shape index (κ3) is 4.83. The average molecular weight is 449 g/mol. The third-order valence-electron chi connectivity index (χ3n) is 4.98. The van der Waals surface area contributed by atoms with Crippen molar-refractivity contribution >= 4 is 17.4 Å². The number of benzene rings is 2. The molecule has 2 aromatic heterocycles. The summed E-state index contributed by atoms with van der Waals surface area (Å²) in [6.45, 7) is 8.37. The molecule has 2 aromatic carbocycles. The Bertz CT molecular complexity index is 1230. The number of nitrogens with one attached hydrogen (secondary N) is 1. The van der Waals surface area contributed by atoms with Crippen LogP contribution in [0.1, 0.15) is 41.7 Å². The largest absolute Gasteiger partial charge is 0.412 e. The van der Waals surface area contributed by atoms with Gasteiger partial charge in [0.05, 0.1) is 23.4 Å². The summed E-state index contributed by atoms with van der Waals surface area (Å²) in [6, 6.07) is 13.7. The van der Waals surface area contributed by atoms with Crippen LogP contribution in [-0.4, -0.2) is 31.3 Å². The predicted molar refractivity (Wildman–Crippen MR) is 123 cm³/mol. The van der Waals surface area contributed by atoms with Crippen molar-refractivity contribution in [2.75, 3.05) is 0 Å². The second kappa shape index (κ2) is 9.27. The Balaban J connectivity index is 1.65. The zero-order chi connectivity index (χ0) is 22.7. The number of carbonyl (C=O) groups excluding carboxylic acids is 1. The quantitative estimate of drug-likeness (QED) is 0.455. The molecule has 0 saturated carbocycles. The number of hydrogen-bond acceptors (Lipinski definition) is 7. The van der Waals surface area contributed by atoms with E-state index < -0.39 is 6.09 Å². The number of carbonyl (C=O) groups is 1. The molecule has 164 valence electrons. The standard InChI is InChI=1S/C23H24N6O2S/c1-14(2)22-26-27-28-29(22)19-9-18(17-7-5-15(3)6-8-17)10-20(11-19)31-23(30)24-12-21-16(4)25-13-32-21/h5-11,13-14H,12H2,1-4H3,(H,24,30). The summed E-state index contributed by atoms with van der Waals surface area (Å²) in [7, 11) is 0. The van der Waals surface area contributed by atoms with Crippen molar-refractivity contribution in [3.8, 4) is 22.6 Å². The molecule has 0 aliphatic rings. The predicted octanol–water partition coefficient (Wildman–Crippen LogP) is 4.81. The summed E-state index contributed by atoms with van der Waals surface area (Å²) in [6.07, 6.45) is -0.536. The Hall–Kier alpha value is -3.59. The van der Waals surface area contributed by atoms with Gasteiger partial charge in [0.25, 0.3) is 0 Å². The fraction of sp³-hybridized carbons (Fsp3) is 0.261. The first-order valence-electron chi connectivity index (χ1n) is 10.3. The number of nitrogens with zero attached hydrogens (tertiary/aromatic N) is 5. The molecule has 0 unspecified atom stereocenters. The van der Waals surface area contributed by atoms with E-state index in [1.165, 1.54) is 16.9 Å². The van der Waals surface area contributed by atoms with Crippen LogP contribution in [0.25, 0.3) is 16.8 Å². The number of aromatic nitrogens is 5. The van der Waals surface area contributed by atoms with Gasteiger partial charge in [-0.1, -0.05) is 43.7 Å².